The van der Waals surface area contributed by atoms with E-state index in [0.29, 0.717) is 6.42 Å². The number of aliphatic hydroxyl groups excluding tert-OH is 5. The number of unbranched alkanes of at least 4 members (excludes halogenated alkanes) is 46. The van der Waals surface area contributed by atoms with Crippen molar-refractivity contribution in [1.29, 1.82) is 0 Å². The minimum atomic E-state index is -1.56. The summed E-state index contributed by atoms with van der Waals surface area (Å²) in [6, 6.07) is -0.801. The van der Waals surface area contributed by atoms with Gasteiger partial charge in [-0.2, -0.15) is 0 Å². The molecule has 1 aliphatic rings. The number of allylic oxidation sites excluding steroid dienone is 1. The van der Waals surface area contributed by atoms with Crippen LogP contribution in [0.1, 0.15) is 328 Å². The minimum absolute atomic E-state index is 0.168. The highest BCUT2D eigenvalue weighted by molar-refractivity contribution is 5.76. The Morgan fingerprint density at radius 3 is 1.08 bits per heavy atom. The zero-order chi connectivity index (χ0) is 52.2. The van der Waals surface area contributed by atoms with E-state index in [1.807, 2.05) is 6.08 Å². The van der Waals surface area contributed by atoms with E-state index in [0.717, 1.165) is 38.5 Å². The molecule has 0 aromatic rings. The van der Waals surface area contributed by atoms with Gasteiger partial charge in [-0.3, -0.25) is 4.79 Å². The van der Waals surface area contributed by atoms with Crippen LogP contribution in [0.25, 0.3) is 0 Å². The number of hydrogen-bond donors (Lipinski definition) is 6. The van der Waals surface area contributed by atoms with Crippen LogP contribution < -0.4 is 5.32 Å². The third-order valence-corrected chi connectivity index (χ3v) is 15.6. The van der Waals surface area contributed by atoms with Gasteiger partial charge in [0, 0.05) is 6.42 Å². The topological polar surface area (TPSA) is 149 Å². The maximum absolute atomic E-state index is 13.1. The van der Waals surface area contributed by atoms with Gasteiger partial charge < -0.3 is 40.3 Å². The molecule has 1 heterocycles. The average molecular weight is 1020 g/mol. The van der Waals surface area contributed by atoms with E-state index in [1.54, 1.807) is 6.08 Å². The monoisotopic (exact) mass is 1020 g/mol. The van der Waals surface area contributed by atoms with Gasteiger partial charge in [0.05, 0.1) is 25.4 Å². The first-order chi connectivity index (χ1) is 35.3. The molecule has 0 aromatic carbocycles. The smallest absolute Gasteiger partial charge is 0.220 e. The van der Waals surface area contributed by atoms with Crippen molar-refractivity contribution < 1.29 is 39.8 Å². The Balaban J connectivity index is 2.12. The van der Waals surface area contributed by atoms with Crippen LogP contribution in [-0.2, 0) is 14.3 Å². The summed E-state index contributed by atoms with van der Waals surface area (Å²) in [6.07, 6.45) is 60.2. The van der Waals surface area contributed by atoms with Crippen molar-refractivity contribution in [1.82, 2.24) is 5.32 Å². The molecule has 0 saturated carbocycles. The molecule has 1 amide bonds. The van der Waals surface area contributed by atoms with Crippen LogP contribution >= 0.6 is 0 Å². The van der Waals surface area contributed by atoms with Crippen molar-refractivity contribution >= 4 is 5.91 Å². The average Bonchev–Trinajstić information content (AvgIpc) is 3.38. The lowest BCUT2D eigenvalue weighted by molar-refractivity contribution is -0.302. The molecule has 1 fully saturated rings. The number of hydrogen-bond acceptors (Lipinski definition) is 8. The first kappa shape index (κ1) is 68.9. The number of aliphatic hydroxyl groups is 5. The summed E-state index contributed by atoms with van der Waals surface area (Å²) in [5.74, 6) is -0.168. The number of rotatable bonds is 56. The number of amides is 1. The highest BCUT2D eigenvalue weighted by Gasteiger charge is 2.44. The second-order valence-electron chi connectivity index (χ2n) is 22.6. The maximum Gasteiger partial charge on any atom is 0.220 e. The predicted molar refractivity (Wildman–Crippen MR) is 304 cm³/mol. The molecule has 1 rings (SSSR count). The second-order valence-corrected chi connectivity index (χ2v) is 22.6. The van der Waals surface area contributed by atoms with Crippen molar-refractivity contribution in [2.45, 2.75) is 371 Å². The molecule has 0 bridgehead atoms. The van der Waals surface area contributed by atoms with Crippen LogP contribution in [0.4, 0.5) is 0 Å². The van der Waals surface area contributed by atoms with Crippen molar-refractivity contribution in [3.05, 3.63) is 12.2 Å². The molecule has 7 unspecified atom stereocenters. The Hall–Kier alpha value is -1.07. The number of carbonyl (C=O) groups is 1. The molecule has 0 spiro atoms. The number of ether oxygens (including phenoxy) is 2. The van der Waals surface area contributed by atoms with Crippen molar-refractivity contribution in [2.24, 2.45) is 0 Å². The highest BCUT2D eigenvalue weighted by atomic mass is 16.7. The van der Waals surface area contributed by atoms with Crippen LogP contribution in [0.5, 0.6) is 0 Å². The summed E-state index contributed by atoms with van der Waals surface area (Å²) < 4.78 is 11.3. The summed E-state index contributed by atoms with van der Waals surface area (Å²) in [5, 5.41) is 54.6. The largest absolute Gasteiger partial charge is 0.394 e. The van der Waals surface area contributed by atoms with Gasteiger partial charge in [-0.1, -0.05) is 315 Å². The minimum Gasteiger partial charge on any atom is -0.394 e. The van der Waals surface area contributed by atoms with E-state index in [2.05, 4.69) is 19.2 Å². The normalized spacial score (nSPS) is 19.1. The van der Waals surface area contributed by atoms with Gasteiger partial charge in [0.25, 0.3) is 0 Å². The molecule has 0 radical (unpaired) electrons. The maximum atomic E-state index is 13.1. The van der Waals surface area contributed by atoms with E-state index in [4.69, 9.17) is 9.47 Å². The van der Waals surface area contributed by atoms with Crippen molar-refractivity contribution in [3.8, 4) is 0 Å². The summed E-state index contributed by atoms with van der Waals surface area (Å²) in [6.45, 7) is 3.83. The molecule has 9 heteroatoms. The van der Waals surface area contributed by atoms with Crippen LogP contribution in [0.2, 0.25) is 0 Å². The molecule has 1 saturated heterocycles. The molecule has 9 nitrogen and oxygen atoms in total. The summed E-state index contributed by atoms with van der Waals surface area (Å²) in [4.78, 5) is 13.1. The fourth-order valence-corrected chi connectivity index (χ4v) is 10.6. The Morgan fingerprint density at radius 1 is 0.458 bits per heavy atom. The lowest BCUT2D eigenvalue weighted by Crippen LogP contribution is -2.60. The third kappa shape index (κ3) is 42.1. The molecule has 0 aliphatic carbocycles. The molecular formula is C63H123NO8. The highest BCUT2D eigenvalue weighted by Crippen LogP contribution is 2.23. The van der Waals surface area contributed by atoms with Crippen LogP contribution in [0, 0.1) is 0 Å². The summed E-state index contributed by atoms with van der Waals surface area (Å²) in [7, 11) is 0. The molecular weight excluding hydrogens is 899 g/mol. The van der Waals surface area contributed by atoms with E-state index in [1.165, 1.54) is 270 Å². The predicted octanol–water partition coefficient (Wildman–Crippen LogP) is 16.4. The zero-order valence-corrected chi connectivity index (χ0v) is 47.7. The van der Waals surface area contributed by atoms with Crippen LogP contribution in [0.3, 0.4) is 0 Å². The van der Waals surface area contributed by atoms with Crippen molar-refractivity contribution in [3.63, 3.8) is 0 Å². The third-order valence-electron chi connectivity index (χ3n) is 15.6. The van der Waals surface area contributed by atoms with Gasteiger partial charge in [-0.05, 0) is 19.3 Å². The Labute approximate surface area is 446 Å². The van der Waals surface area contributed by atoms with E-state index >= 15 is 0 Å². The van der Waals surface area contributed by atoms with E-state index in [9.17, 15) is 30.3 Å². The first-order valence-corrected chi connectivity index (χ1v) is 31.9. The fraction of sp³-hybridized carbons (Fsp3) is 0.952. The molecule has 428 valence electrons. The molecule has 72 heavy (non-hydrogen) atoms. The molecule has 7 atom stereocenters. The molecule has 6 N–H and O–H groups in total. The quantitative estimate of drug-likeness (QED) is 0.0261. The zero-order valence-electron chi connectivity index (χ0n) is 47.7. The van der Waals surface area contributed by atoms with Gasteiger partial charge in [0.1, 0.15) is 24.4 Å². The SMILES string of the molecule is CCCCCCCCCCCCCCCCCC/C=C/C(O)C(COC1OC(CO)C(O)C(O)C1O)NC(=O)CCCCCCCCCCCCCCCCCCCCCCCCCCCCCCCCC. The second kappa shape index (κ2) is 53.3. The van der Waals surface area contributed by atoms with Crippen LogP contribution in [-0.4, -0.2) is 87.5 Å². The lowest BCUT2D eigenvalue weighted by atomic mass is 9.99. The fourth-order valence-electron chi connectivity index (χ4n) is 10.6. The summed E-state index contributed by atoms with van der Waals surface area (Å²) >= 11 is 0. The van der Waals surface area contributed by atoms with E-state index < -0.39 is 49.5 Å². The number of carbonyl (C=O) groups excluding carboxylic acids is 1. The van der Waals surface area contributed by atoms with E-state index in [-0.39, 0.29) is 12.5 Å². The Bertz CT molecular complexity index is 1140. The van der Waals surface area contributed by atoms with Gasteiger partial charge in [-0.25, -0.2) is 0 Å². The Kier molecular flexibility index (Phi) is 51.1. The molecule has 1 aliphatic heterocycles. The summed E-state index contributed by atoms with van der Waals surface area (Å²) in [5.41, 5.74) is 0. The number of nitrogens with one attached hydrogen (secondary N) is 1. The lowest BCUT2D eigenvalue weighted by Gasteiger charge is -2.40. The van der Waals surface area contributed by atoms with Gasteiger partial charge in [-0.15, -0.1) is 0 Å². The molecule has 0 aromatic heterocycles. The first-order valence-electron chi connectivity index (χ1n) is 31.9. The van der Waals surface area contributed by atoms with Crippen LogP contribution in [0.15, 0.2) is 12.2 Å². The van der Waals surface area contributed by atoms with Gasteiger partial charge >= 0.3 is 0 Å². The standard InChI is InChI=1S/C63H123NO8/c1-3-5-7-9-11-13-15-17-19-21-23-24-25-26-27-28-29-30-31-32-33-34-35-37-39-41-43-45-47-49-51-53-59(67)64-56(55-71-63-62(70)61(69)60(68)58(54-65)72-63)57(66)52-50-48-46-44-42-40-38-36-22-20-18-16-14-12-10-8-6-4-2/h50,52,56-58,60-63,65-66,68-70H,3-49,51,53-55H2,1-2H3,(H,64,67)/b52-50+. The van der Waals surface area contributed by atoms with Gasteiger partial charge in [0.2, 0.25) is 5.91 Å². The van der Waals surface area contributed by atoms with Crippen molar-refractivity contribution in [2.75, 3.05) is 13.2 Å². The van der Waals surface area contributed by atoms with Gasteiger partial charge in [0.15, 0.2) is 6.29 Å². The Morgan fingerprint density at radius 2 is 0.764 bits per heavy atom.